The average Bonchev–Trinajstić information content (AvgIpc) is 2.46. The Morgan fingerprint density at radius 1 is 1.41 bits per heavy atom. The molecule has 1 rings (SSSR count). The highest BCUT2D eigenvalue weighted by Crippen LogP contribution is 2.29. The van der Waals surface area contributed by atoms with E-state index in [4.69, 9.17) is 10.00 Å². The minimum atomic E-state index is -4.09. The van der Waals surface area contributed by atoms with Crippen molar-refractivity contribution in [1.29, 1.82) is 5.26 Å². The van der Waals surface area contributed by atoms with Crippen molar-refractivity contribution in [3.05, 3.63) is 33.9 Å². The second-order valence-corrected chi connectivity index (χ2v) is 6.36. The zero-order chi connectivity index (χ0) is 16.8. The largest absolute Gasteiger partial charge is 0.383 e. The van der Waals surface area contributed by atoms with Crippen LogP contribution >= 0.6 is 0 Å². The van der Waals surface area contributed by atoms with Crippen molar-refractivity contribution in [2.75, 3.05) is 26.8 Å². The summed E-state index contributed by atoms with van der Waals surface area (Å²) >= 11 is 0. The average molecular weight is 327 g/mol. The van der Waals surface area contributed by atoms with E-state index in [-0.39, 0.29) is 36.6 Å². The molecule has 0 bridgehead atoms. The lowest BCUT2D eigenvalue weighted by Gasteiger charge is -2.21. The second-order valence-electron chi connectivity index (χ2n) is 4.49. The number of nitro benzene ring substituents is 1. The van der Waals surface area contributed by atoms with Crippen LogP contribution in [0.15, 0.2) is 23.1 Å². The fourth-order valence-electron chi connectivity index (χ4n) is 1.97. The maximum atomic E-state index is 12.7. The molecule has 22 heavy (non-hydrogen) atoms. The van der Waals surface area contributed by atoms with Gasteiger partial charge in [0.2, 0.25) is 10.0 Å². The highest BCUT2D eigenvalue weighted by atomic mass is 32.2. The smallest absolute Gasteiger partial charge is 0.289 e. The third-order valence-electron chi connectivity index (χ3n) is 3.00. The third kappa shape index (κ3) is 4.00. The molecule has 0 radical (unpaired) electrons. The molecule has 0 amide bonds. The number of ether oxygens (including phenoxy) is 1. The standard InChI is InChI=1S/C13H17N3O5S/c1-11-5-3-6-12(16(17)18)13(11)22(19,20)15(8-4-7-14)9-10-21-2/h3,5-6H,4,8-10H2,1-2H3. The van der Waals surface area contributed by atoms with Gasteiger partial charge < -0.3 is 4.74 Å². The number of rotatable bonds is 8. The first kappa shape index (κ1) is 18.0. The van der Waals surface area contributed by atoms with Gasteiger partial charge in [-0.1, -0.05) is 12.1 Å². The molecule has 0 aliphatic heterocycles. The number of nitro groups is 1. The molecule has 1 aromatic rings. The van der Waals surface area contributed by atoms with E-state index in [0.29, 0.717) is 0 Å². The molecule has 0 aliphatic rings. The molecule has 0 fully saturated rings. The zero-order valence-electron chi connectivity index (χ0n) is 12.4. The van der Waals surface area contributed by atoms with E-state index in [1.165, 1.54) is 26.2 Å². The number of hydrogen-bond donors (Lipinski definition) is 0. The van der Waals surface area contributed by atoms with Gasteiger partial charge in [0.05, 0.1) is 17.6 Å². The summed E-state index contributed by atoms with van der Waals surface area (Å²) in [5.41, 5.74) is -0.187. The molecule has 1 aromatic carbocycles. The predicted octanol–water partition coefficient (Wildman–Crippen LogP) is 1.45. The van der Waals surface area contributed by atoms with Crippen LogP contribution < -0.4 is 0 Å². The van der Waals surface area contributed by atoms with Crippen LogP contribution in [-0.2, 0) is 14.8 Å². The van der Waals surface area contributed by atoms with Crippen molar-refractivity contribution in [3.8, 4) is 6.07 Å². The molecular weight excluding hydrogens is 310 g/mol. The monoisotopic (exact) mass is 327 g/mol. The van der Waals surface area contributed by atoms with E-state index in [2.05, 4.69) is 0 Å². The first-order chi connectivity index (χ1) is 10.4. The minimum absolute atomic E-state index is 0.0113. The van der Waals surface area contributed by atoms with E-state index in [1.807, 2.05) is 6.07 Å². The van der Waals surface area contributed by atoms with Crippen LogP contribution in [0.5, 0.6) is 0 Å². The Kier molecular flexibility index (Phi) is 6.42. The number of methoxy groups -OCH3 is 1. The molecular formula is C13H17N3O5S. The van der Waals surface area contributed by atoms with Crippen LogP contribution in [0.3, 0.4) is 0 Å². The molecule has 0 aromatic heterocycles. The Balaban J connectivity index is 3.36. The highest BCUT2D eigenvalue weighted by molar-refractivity contribution is 7.89. The van der Waals surface area contributed by atoms with Crippen LogP contribution in [0, 0.1) is 28.4 Å². The molecule has 9 heteroatoms. The summed E-state index contributed by atoms with van der Waals surface area (Å²) in [6.07, 6.45) is -0.0113. The van der Waals surface area contributed by atoms with Gasteiger partial charge in [-0.25, -0.2) is 8.42 Å². The summed E-state index contributed by atoms with van der Waals surface area (Å²) in [7, 11) is -2.67. The van der Waals surface area contributed by atoms with Crippen LogP contribution in [0.1, 0.15) is 12.0 Å². The number of aryl methyl sites for hydroxylation is 1. The molecule has 0 spiro atoms. The zero-order valence-corrected chi connectivity index (χ0v) is 13.2. The molecule has 0 N–H and O–H groups in total. The molecule has 0 aliphatic carbocycles. The van der Waals surface area contributed by atoms with Gasteiger partial charge in [-0.3, -0.25) is 10.1 Å². The van der Waals surface area contributed by atoms with Gasteiger partial charge in [0.25, 0.3) is 5.69 Å². The lowest BCUT2D eigenvalue weighted by molar-refractivity contribution is -0.387. The number of benzene rings is 1. The third-order valence-corrected chi connectivity index (χ3v) is 5.10. The predicted molar refractivity (Wildman–Crippen MR) is 78.7 cm³/mol. The molecule has 0 saturated heterocycles. The van der Waals surface area contributed by atoms with E-state index < -0.39 is 20.6 Å². The highest BCUT2D eigenvalue weighted by Gasteiger charge is 2.32. The molecule has 0 saturated carbocycles. The van der Waals surface area contributed by atoms with Gasteiger partial charge in [0.15, 0.2) is 4.90 Å². The quantitative estimate of drug-likeness (QED) is 0.527. The number of hydrogen-bond acceptors (Lipinski definition) is 6. The Labute approximate surface area is 129 Å². The Bertz CT molecular complexity index is 681. The van der Waals surface area contributed by atoms with E-state index in [9.17, 15) is 18.5 Å². The summed E-state index contributed by atoms with van der Waals surface area (Å²) in [5.74, 6) is 0. The first-order valence-electron chi connectivity index (χ1n) is 6.46. The SMILES string of the molecule is COCCN(CCC#N)S(=O)(=O)c1c(C)cccc1[N+](=O)[O-]. The van der Waals surface area contributed by atoms with Crippen molar-refractivity contribution in [2.45, 2.75) is 18.2 Å². The van der Waals surface area contributed by atoms with Crippen LogP contribution in [0.2, 0.25) is 0 Å². The first-order valence-corrected chi connectivity index (χ1v) is 7.90. The van der Waals surface area contributed by atoms with Gasteiger partial charge >= 0.3 is 0 Å². The van der Waals surface area contributed by atoms with Gasteiger partial charge in [-0.05, 0) is 12.5 Å². The van der Waals surface area contributed by atoms with Gasteiger partial charge in [-0.15, -0.1) is 0 Å². The maximum absolute atomic E-state index is 12.7. The topological polar surface area (TPSA) is 114 Å². The summed E-state index contributed by atoms with van der Waals surface area (Å²) in [4.78, 5) is 10.1. The second kappa shape index (κ2) is 7.84. The van der Waals surface area contributed by atoms with Crippen molar-refractivity contribution in [3.63, 3.8) is 0 Å². The Hall–Kier alpha value is -2.02. The van der Waals surface area contributed by atoms with Crippen LogP contribution in [-0.4, -0.2) is 44.5 Å². The molecule has 0 unspecified atom stereocenters. The van der Waals surface area contributed by atoms with Crippen molar-refractivity contribution >= 4 is 15.7 Å². The van der Waals surface area contributed by atoms with Crippen molar-refractivity contribution in [1.82, 2.24) is 4.31 Å². The normalized spacial score (nSPS) is 11.4. The summed E-state index contributed by atoms with van der Waals surface area (Å²) in [6.45, 7) is 1.60. The number of nitriles is 1. The van der Waals surface area contributed by atoms with E-state index in [1.54, 1.807) is 0 Å². The van der Waals surface area contributed by atoms with Crippen LogP contribution in [0.4, 0.5) is 5.69 Å². The molecule has 0 atom stereocenters. The Morgan fingerprint density at radius 3 is 2.64 bits per heavy atom. The minimum Gasteiger partial charge on any atom is -0.383 e. The number of sulfonamides is 1. The summed E-state index contributed by atoms with van der Waals surface area (Å²) in [6, 6.07) is 5.95. The van der Waals surface area contributed by atoms with Gasteiger partial charge in [0.1, 0.15) is 0 Å². The molecule has 120 valence electrons. The van der Waals surface area contributed by atoms with Crippen molar-refractivity contribution < 1.29 is 18.1 Å². The summed E-state index contributed by atoms with van der Waals surface area (Å²) < 4.78 is 31.4. The fourth-order valence-corrected chi connectivity index (χ4v) is 3.75. The van der Waals surface area contributed by atoms with Gasteiger partial charge in [0, 0.05) is 32.7 Å². The Morgan fingerprint density at radius 2 is 2.09 bits per heavy atom. The van der Waals surface area contributed by atoms with E-state index >= 15 is 0 Å². The fraction of sp³-hybridized carbons (Fsp3) is 0.462. The van der Waals surface area contributed by atoms with Gasteiger partial charge in [-0.2, -0.15) is 9.57 Å². The van der Waals surface area contributed by atoms with E-state index in [0.717, 1.165) is 10.4 Å². The lowest BCUT2D eigenvalue weighted by atomic mass is 10.2. The lowest BCUT2D eigenvalue weighted by Crippen LogP contribution is -2.35. The summed E-state index contributed by atoms with van der Waals surface area (Å²) in [5, 5.41) is 19.8. The maximum Gasteiger partial charge on any atom is 0.289 e. The molecule has 0 heterocycles. The molecule has 8 nitrogen and oxygen atoms in total. The van der Waals surface area contributed by atoms with Crippen LogP contribution in [0.25, 0.3) is 0 Å². The van der Waals surface area contributed by atoms with Crippen molar-refractivity contribution in [2.24, 2.45) is 0 Å². The number of nitrogens with zero attached hydrogens (tertiary/aromatic N) is 3.